The first kappa shape index (κ1) is 21.0. The van der Waals surface area contributed by atoms with Crippen LogP contribution in [0.3, 0.4) is 0 Å². The quantitative estimate of drug-likeness (QED) is 0.555. The summed E-state index contributed by atoms with van der Waals surface area (Å²) >= 11 is 0. The number of amides is 1. The number of ether oxygens (including phenoxy) is 3. The monoisotopic (exact) mass is 383 g/mol. The van der Waals surface area contributed by atoms with Gasteiger partial charge in [-0.25, -0.2) is 4.79 Å². The number of rotatable bonds is 8. The molecule has 0 aliphatic rings. The first-order chi connectivity index (χ1) is 13.5. The van der Waals surface area contributed by atoms with Gasteiger partial charge in [-0.15, -0.1) is 0 Å². The van der Waals surface area contributed by atoms with Crippen molar-refractivity contribution >= 4 is 23.6 Å². The summed E-state index contributed by atoms with van der Waals surface area (Å²) in [5, 5.41) is 2.82. The second kappa shape index (κ2) is 10.2. The number of benzene rings is 2. The van der Waals surface area contributed by atoms with Crippen LogP contribution in [-0.2, 0) is 20.7 Å². The molecular weight excluding hydrogens is 358 g/mol. The van der Waals surface area contributed by atoms with Crippen LogP contribution in [0.25, 0.3) is 6.08 Å². The van der Waals surface area contributed by atoms with E-state index in [9.17, 15) is 9.59 Å². The molecule has 0 fully saturated rings. The summed E-state index contributed by atoms with van der Waals surface area (Å²) in [5.74, 6) is 0.172. The van der Waals surface area contributed by atoms with Gasteiger partial charge in [0.05, 0.1) is 14.2 Å². The standard InChI is InChI=1S/C22H25NO5/c1-5-17-8-6-7-15(2)22(17)23-20(24)14-28-21(25)12-10-16-9-11-18(26-3)19(13-16)27-4/h6-13H,5,14H2,1-4H3,(H,23,24)/b12-10+. The average molecular weight is 383 g/mol. The number of nitrogens with one attached hydrogen (secondary N) is 1. The Hall–Kier alpha value is -3.28. The minimum atomic E-state index is -0.606. The number of anilines is 1. The zero-order valence-electron chi connectivity index (χ0n) is 16.6. The molecule has 0 aliphatic heterocycles. The van der Waals surface area contributed by atoms with E-state index in [-0.39, 0.29) is 12.5 Å². The fourth-order valence-electron chi connectivity index (χ4n) is 2.68. The van der Waals surface area contributed by atoms with E-state index in [4.69, 9.17) is 14.2 Å². The van der Waals surface area contributed by atoms with E-state index >= 15 is 0 Å². The van der Waals surface area contributed by atoms with Gasteiger partial charge in [0.15, 0.2) is 18.1 Å². The van der Waals surface area contributed by atoms with Crippen molar-refractivity contribution in [3.8, 4) is 11.5 Å². The second-order valence-electron chi connectivity index (χ2n) is 6.07. The third-order valence-corrected chi connectivity index (χ3v) is 4.17. The van der Waals surface area contributed by atoms with Crippen LogP contribution in [0.4, 0.5) is 5.69 Å². The number of methoxy groups -OCH3 is 2. The first-order valence-electron chi connectivity index (χ1n) is 8.93. The Bertz CT molecular complexity index is 873. The van der Waals surface area contributed by atoms with Gasteiger partial charge in [0, 0.05) is 11.8 Å². The maximum Gasteiger partial charge on any atom is 0.331 e. The fourth-order valence-corrected chi connectivity index (χ4v) is 2.68. The molecule has 0 spiro atoms. The number of para-hydroxylation sites is 1. The summed E-state index contributed by atoms with van der Waals surface area (Å²) in [6, 6.07) is 11.1. The maximum atomic E-state index is 12.1. The molecular formula is C22H25NO5. The van der Waals surface area contributed by atoms with Gasteiger partial charge in [-0.05, 0) is 48.2 Å². The number of aryl methyl sites for hydroxylation is 2. The van der Waals surface area contributed by atoms with Crippen molar-refractivity contribution in [3.63, 3.8) is 0 Å². The Morgan fingerprint density at radius 1 is 1.07 bits per heavy atom. The lowest BCUT2D eigenvalue weighted by atomic mass is 10.1. The zero-order valence-corrected chi connectivity index (χ0v) is 16.6. The van der Waals surface area contributed by atoms with Crippen molar-refractivity contribution < 1.29 is 23.8 Å². The van der Waals surface area contributed by atoms with E-state index in [1.807, 2.05) is 32.0 Å². The lowest BCUT2D eigenvalue weighted by Crippen LogP contribution is -2.21. The molecule has 6 heteroatoms. The summed E-state index contributed by atoms with van der Waals surface area (Å²) in [6.07, 6.45) is 3.64. The lowest BCUT2D eigenvalue weighted by molar-refractivity contribution is -0.142. The van der Waals surface area contributed by atoms with Crippen molar-refractivity contribution in [3.05, 3.63) is 59.2 Å². The summed E-state index contributed by atoms with van der Waals surface area (Å²) in [6.45, 7) is 3.59. The van der Waals surface area contributed by atoms with Crippen LogP contribution in [0.2, 0.25) is 0 Å². The molecule has 28 heavy (non-hydrogen) atoms. The molecule has 148 valence electrons. The van der Waals surface area contributed by atoms with Gasteiger partial charge in [0.25, 0.3) is 5.91 Å². The van der Waals surface area contributed by atoms with E-state index in [2.05, 4.69) is 5.32 Å². The molecule has 0 saturated carbocycles. The van der Waals surface area contributed by atoms with E-state index < -0.39 is 5.97 Å². The molecule has 0 aromatic heterocycles. The third kappa shape index (κ3) is 5.61. The number of hydrogen-bond donors (Lipinski definition) is 1. The number of esters is 1. The fraction of sp³-hybridized carbons (Fsp3) is 0.273. The molecule has 2 aromatic carbocycles. The van der Waals surface area contributed by atoms with Gasteiger partial charge in [-0.1, -0.05) is 31.2 Å². The molecule has 0 bridgehead atoms. The Balaban J connectivity index is 1.92. The topological polar surface area (TPSA) is 73.9 Å². The first-order valence-corrected chi connectivity index (χ1v) is 8.93. The average Bonchev–Trinajstić information content (AvgIpc) is 2.71. The molecule has 0 heterocycles. The maximum absolute atomic E-state index is 12.1. The summed E-state index contributed by atoms with van der Waals surface area (Å²) in [4.78, 5) is 24.0. The van der Waals surface area contributed by atoms with Gasteiger partial charge in [0.2, 0.25) is 0 Å². The number of hydrogen-bond acceptors (Lipinski definition) is 5. The van der Waals surface area contributed by atoms with E-state index in [1.54, 1.807) is 31.4 Å². The summed E-state index contributed by atoms with van der Waals surface area (Å²) in [5.41, 5.74) is 3.51. The summed E-state index contributed by atoms with van der Waals surface area (Å²) < 4.78 is 15.4. The minimum absolute atomic E-state index is 0.355. The normalized spacial score (nSPS) is 10.6. The Kier molecular flexibility index (Phi) is 7.63. The molecule has 0 unspecified atom stereocenters. The predicted octanol–water partition coefficient (Wildman–Crippen LogP) is 3.77. The Morgan fingerprint density at radius 3 is 2.50 bits per heavy atom. The number of carbonyl (C=O) groups excluding carboxylic acids is 2. The van der Waals surface area contributed by atoms with Crippen LogP contribution in [0, 0.1) is 6.92 Å². The van der Waals surface area contributed by atoms with E-state index in [0.717, 1.165) is 28.8 Å². The van der Waals surface area contributed by atoms with Crippen LogP contribution in [0.1, 0.15) is 23.6 Å². The van der Waals surface area contributed by atoms with Gasteiger partial charge in [-0.2, -0.15) is 0 Å². The number of carbonyl (C=O) groups is 2. The smallest absolute Gasteiger partial charge is 0.331 e. The molecule has 6 nitrogen and oxygen atoms in total. The van der Waals surface area contributed by atoms with Crippen LogP contribution in [0.15, 0.2) is 42.5 Å². The largest absolute Gasteiger partial charge is 0.493 e. The van der Waals surface area contributed by atoms with Crippen LogP contribution in [-0.4, -0.2) is 32.7 Å². The SMILES string of the molecule is CCc1cccc(C)c1NC(=O)COC(=O)/C=C/c1ccc(OC)c(OC)c1. The molecule has 1 N–H and O–H groups in total. The molecule has 0 radical (unpaired) electrons. The van der Waals surface area contributed by atoms with Gasteiger partial charge in [0.1, 0.15) is 0 Å². The minimum Gasteiger partial charge on any atom is -0.493 e. The van der Waals surface area contributed by atoms with Crippen LogP contribution >= 0.6 is 0 Å². The highest BCUT2D eigenvalue weighted by molar-refractivity contribution is 5.95. The van der Waals surface area contributed by atoms with Crippen LogP contribution in [0.5, 0.6) is 11.5 Å². The molecule has 0 aliphatic carbocycles. The van der Waals surface area contributed by atoms with Crippen molar-refractivity contribution in [1.82, 2.24) is 0 Å². The highest BCUT2D eigenvalue weighted by Gasteiger charge is 2.10. The van der Waals surface area contributed by atoms with Crippen molar-refractivity contribution in [2.45, 2.75) is 20.3 Å². The molecule has 2 aromatic rings. The molecule has 0 saturated heterocycles. The lowest BCUT2D eigenvalue weighted by Gasteiger charge is -2.12. The highest BCUT2D eigenvalue weighted by atomic mass is 16.5. The molecule has 1 amide bonds. The van der Waals surface area contributed by atoms with Gasteiger partial charge in [-0.3, -0.25) is 4.79 Å². The van der Waals surface area contributed by atoms with Gasteiger partial charge >= 0.3 is 5.97 Å². The van der Waals surface area contributed by atoms with Gasteiger partial charge < -0.3 is 19.5 Å². The van der Waals surface area contributed by atoms with E-state index in [0.29, 0.717) is 11.5 Å². The summed E-state index contributed by atoms with van der Waals surface area (Å²) in [7, 11) is 3.09. The van der Waals surface area contributed by atoms with E-state index in [1.165, 1.54) is 13.2 Å². The predicted molar refractivity (Wildman–Crippen MR) is 109 cm³/mol. The molecule has 0 atom stereocenters. The highest BCUT2D eigenvalue weighted by Crippen LogP contribution is 2.28. The van der Waals surface area contributed by atoms with Crippen LogP contribution < -0.4 is 14.8 Å². The second-order valence-corrected chi connectivity index (χ2v) is 6.07. The van der Waals surface area contributed by atoms with Crippen molar-refractivity contribution in [2.75, 3.05) is 26.1 Å². The Morgan fingerprint density at radius 2 is 1.82 bits per heavy atom. The van der Waals surface area contributed by atoms with Crippen molar-refractivity contribution in [2.24, 2.45) is 0 Å². The molecule has 2 rings (SSSR count). The third-order valence-electron chi connectivity index (χ3n) is 4.17. The zero-order chi connectivity index (χ0) is 20.5. The van der Waals surface area contributed by atoms with Crippen molar-refractivity contribution in [1.29, 1.82) is 0 Å². The Labute approximate surface area is 165 Å².